The Morgan fingerprint density at radius 3 is 2.57 bits per heavy atom. The lowest BCUT2D eigenvalue weighted by Gasteiger charge is -2.05. The largest absolute Gasteiger partial charge is 0.391 e. The second-order valence-corrected chi connectivity index (χ2v) is 4.83. The normalized spacial score (nSPS) is 13.0. The summed E-state index contributed by atoms with van der Waals surface area (Å²) in [5.41, 5.74) is 4.76. The van der Waals surface area contributed by atoms with Gasteiger partial charge in [-0.25, -0.2) is 0 Å². The van der Waals surface area contributed by atoms with E-state index in [0.29, 0.717) is 6.54 Å². The molecule has 0 bridgehead atoms. The lowest BCUT2D eigenvalue weighted by molar-refractivity contribution is -0.589. The summed E-state index contributed by atoms with van der Waals surface area (Å²) in [5, 5.41) is 14.0. The van der Waals surface area contributed by atoms with E-state index in [9.17, 15) is 0 Å². The molecule has 3 heteroatoms. The van der Waals surface area contributed by atoms with Gasteiger partial charge in [0.2, 0.25) is 0 Å². The Balaban J connectivity index is 2.74. The number of aliphatic hydroxyl groups is 1. The third-order valence-electron chi connectivity index (χ3n) is 3.15. The van der Waals surface area contributed by atoms with E-state index in [1.807, 2.05) is 18.4 Å². The van der Waals surface area contributed by atoms with Gasteiger partial charge in [-0.05, 0) is 55.7 Å². The Labute approximate surface area is 128 Å². The van der Waals surface area contributed by atoms with E-state index < -0.39 is 0 Å². The fourth-order valence-corrected chi connectivity index (χ4v) is 2.03. The highest BCUT2D eigenvalue weighted by atomic mass is 16.3. The van der Waals surface area contributed by atoms with Crippen molar-refractivity contribution in [1.82, 2.24) is 0 Å². The van der Waals surface area contributed by atoms with E-state index in [0.717, 1.165) is 12.2 Å². The molecular weight excluding hydrogens is 260 g/mol. The van der Waals surface area contributed by atoms with Crippen LogP contribution in [-0.2, 0) is 0 Å². The lowest BCUT2D eigenvalue weighted by Crippen LogP contribution is -2.79. The average Bonchev–Trinajstić information content (AvgIpc) is 2.49. The number of hydrogen-bond acceptors (Lipinski definition) is 2. The molecule has 0 spiro atoms. The molecule has 1 aromatic rings. The number of rotatable bonds is 8. The van der Waals surface area contributed by atoms with Gasteiger partial charge in [0.15, 0.2) is 0 Å². The van der Waals surface area contributed by atoms with Crippen molar-refractivity contribution in [1.29, 1.82) is 0 Å². The summed E-state index contributed by atoms with van der Waals surface area (Å²) in [6.07, 6.45) is 8.36. The maximum atomic E-state index is 8.76. The number of hydrogen-bond donors (Lipinski definition) is 3. The van der Waals surface area contributed by atoms with Crippen molar-refractivity contribution in [3.05, 3.63) is 59.3 Å². The Morgan fingerprint density at radius 2 is 2.00 bits per heavy atom. The monoisotopic (exact) mass is 287 g/mol. The Bertz CT molecular complexity index is 498. The first-order valence-corrected chi connectivity index (χ1v) is 7.51. The highest BCUT2D eigenvalue weighted by molar-refractivity contribution is 5.61. The van der Waals surface area contributed by atoms with Crippen LogP contribution in [0.1, 0.15) is 26.3 Å². The fourth-order valence-electron chi connectivity index (χ4n) is 2.03. The van der Waals surface area contributed by atoms with Gasteiger partial charge in [0.1, 0.15) is 6.54 Å². The van der Waals surface area contributed by atoms with Crippen LogP contribution in [0.15, 0.2) is 53.8 Å². The van der Waals surface area contributed by atoms with Crippen molar-refractivity contribution in [2.45, 2.75) is 20.8 Å². The van der Waals surface area contributed by atoms with Gasteiger partial charge in [0, 0.05) is 12.2 Å². The SMILES string of the molecule is C/C=C(\C=C/[NH2+]CCO)C(/C)=C/c1ccc(NCC)cc1. The third-order valence-corrected chi connectivity index (χ3v) is 3.15. The van der Waals surface area contributed by atoms with Gasteiger partial charge in [0.05, 0.1) is 12.8 Å². The van der Waals surface area contributed by atoms with Crippen LogP contribution in [0, 0.1) is 0 Å². The molecule has 0 saturated heterocycles. The van der Waals surface area contributed by atoms with Crippen LogP contribution in [0.3, 0.4) is 0 Å². The predicted octanol–water partition coefficient (Wildman–Crippen LogP) is 2.54. The van der Waals surface area contributed by atoms with Gasteiger partial charge in [0.25, 0.3) is 0 Å². The predicted molar refractivity (Wildman–Crippen MR) is 91.0 cm³/mol. The molecule has 0 unspecified atom stereocenters. The minimum Gasteiger partial charge on any atom is -0.391 e. The summed E-state index contributed by atoms with van der Waals surface area (Å²) in [4.78, 5) is 0. The molecule has 0 aliphatic carbocycles. The highest BCUT2D eigenvalue weighted by Crippen LogP contribution is 2.17. The van der Waals surface area contributed by atoms with Crippen LogP contribution < -0.4 is 10.6 Å². The van der Waals surface area contributed by atoms with Crippen LogP contribution in [0.2, 0.25) is 0 Å². The summed E-state index contributed by atoms with van der Waals surface area (Å²) in [5.74, 6) is 0. The fraction of sp³-hybridized carbons (Fsp3) is 0.333. The zero-order valence-corrected chi connectivity index (χ0v) is 13.3. The second kappa shape index (κ2) is 9.97. The molecule has 0 aliphatic rings. The van der Waals surface area contributed by atoms with Gasteiger partial charge in [-0.3, -0.25) is 0 Å². The number of nitrogens with two attached hydrogens (primary N) is 1. The number of nitrogens with one attached hydrogen (secondary N) is 1. The van der Waals surface area contributed by atoms with Gasteiger partial charge in [-0.1, -0.05) is 24.3 Å². The molecule has 3 nitrogen and oxygen atoms in total. The molecule has 0 amide bonds. The average molecular weight is 287 g/mol. The van der Waals surface area contributed by atoms with Crippen molar-refractivity contribution in [2.24, 2.45) is 0 Å². The van der Waals surface area contributed by atoms with Gasteiger partial charge < -0.3 is 15.7 Å². The van der Waals surface area contributed by atoms with E-state index in [-0.39, 0.29) is 6.61 Å². The molecule has 1 rings (SSSR count). The molecule has 0 aliphatic heterocycles. The first-order valence-electron chi connectivity index (χ1n) is 7.51. The van der Waals surface area contributed by atoms with E-state index >= 15 is 0 Å². The van der Waals surface area contributed by atoms with Crippen molar-refractivity contribution in [2.75, 3.05) is 25.0 Å². The number of benzene rings is 1. The van der Waals surface area contributed by atoms with E-state index in [2.05, 4.69) is 61.7 Å². The summed E-state index contributed by atoms with van der Waals surface area (Å²) in [6.45, 7) is 8.08. The molecule has 4 N–H and O–H groups in total. The molecular formula is C18H27N2O+. The quantitative estimate of drug-likeness (QED) is 0.508. The van der Waals surface area contributed by atoms with Crippen molar-refractivity contribution in [3.8, 4) is 0 Å². The Kier molecular flexibility index (Phi) is 8.17. The molecule has 1 aromatic carbocycles. The summed E-state index contributed by atoms with van der Waals surface area (Å²) in [7, 11) is 0. The minimum atomic E-state index is 0.197. The van der Waals surface area contributed by atoms with E-state index in [1.165, 1.54) is 16.7 Å². The van der Waals surface area contributed by atoms with Crippen LogP contribution >= 0.6 is 0 Å². The topological polar surface area (TPSA) is 48.9 Å². The van der Waals surface area contributed by atoms with Gasteiger partial charge in [-0.15, -0.1) is 0 Å². The molecule has 0 radical (unpaired) electrons. The van der Waals surface area contributed by atoms with Crippen LogP contribution in [0.4, 0.5) is 5.69 Å². The number of quaternary nitrogens is 1. The first kappa shape index (κ1) is 17.2. The number of anilines is 1. The second-order valence-electron chi connectivity index (χ2n) is 4.83. The summed E-state index contributed by atoms with van der Waals surface area (Å²) < 4.78 is 0. The van der Waals surface area contributed by atoms with Crippen LogP contribution in [0.5, 0.6) is 0 Å². The van der Waals surface area contributed by atoms with Gasteiger partial charge in [-0.2, -0.15) is 0 Å². The lowest BCUT2D eigenvalue weighted by atomic mass is 10.0. The van der Waals surface area contributed by atoms with Crippen LogP contribution in [-0.4, -0.2) is 24.8 Å². The molecule has 0 atom stereocenters. The molecule has 0 saturated carbocycles. The van der Waals surface area contributed by atoms with E-state index in [4.69, 9.17) is 5.11 Å². The standard InChI is InChI=1S/C18H26N2O/c1-4-17(10-11-19-12-13-21)15(3)14-16-6-8-18(9-7-16)20-5-2/h4,6-11,14,19-21H,5,12-13H2,1-3H3/p+1/b11-10-,15-14+,17-4+. The Morgan fingerprint density at radius 1 is 1.29 bits per heavy atom. The van der Waals surface area contributed by atoms with Crippen molar-refractivity contribution in [3.63, 3.8) is 0 Å². The van der Waals surface area contributed by atoms with Crippen LogP contribution in [0.25, 0.3) is 6.08 Å². The third kappa shape index (κ3) is 6.43. The zero-order valence-electron chi connectivity index (χ0n) is 13.3. The van der Waals surface area contributed by atoms with Crippen molar-refractivity contribution >= 4 is 11.8 Å². The number of allylic oxidation sites excluding steroid dienone is 4. The van der Waals surface area contributed by atoms with E-state index in [1.54, 1.807) is 0 Å². The molecule has 0 heterocycles. The maximum absolute atomic E-state index is 8.76. The molecule has 21 heavy (non-hydrogen) atoms. The molecule has 0 aromatic heterocycles. The molecule has 114 valence electrons. The summed E-state index contributed by atoms with van der Waals surface area (Å²) in [6, 6.07) is 8.44. The highest BCUT2D eigenvalue weighted by Gasteiger charge is 1.97. The minimum absolute atomic E-state index is 0.197. The first-order chi connectivity index (χ1) is 10.2. The smallest absolute Gasteiger partial charge is 0.103 e. The van der Waals surface area contributed by atoms with Gasteiger partial charge >= 0.3 is 0 Å². The zero-order chi connectivity index (χ0) is 15.5. The van der Waals surface area contributed by atoms with Crippen molar-refractivity contribution < 1.29 is 10.4 Å². The number of aliphatic hydroxyl groups excluding tert-OH is 1. The summed E-state index contributed by atoms with van der Waals surface area (Å²) >= 11 is 0. The Hall–Kier alpha value is -1.84. The maximum Gasteiger partial charge on any atom is 0.103 e. The molecule has 0 fully saturated rings.